The van der Waals surface area contributed by atoms with Crippen LogP contribution in [0.25, 0.3) is 0 Å². The van der Waals surface area contributed by atoms with E-state index in [1.165, 1.54) is 6.42 Å². The second-order valence-electron chi connectivity index (χ2n) is 6.13. The van der Waals surface area contributed by atoms with E-state index in [0.29, 0.717) is 19.0 Å². The van der Waals surface area contributed by atoms with Gasteiger partial charge in [0.1, 0.15) is 0 Å². The topological polar surface area (TPSA) is 52.7 Å². The first-order valence-corrected chi connectivity index (χ1v) is 9.05. The highest BCUT2D eigenvalue weighted by Gasteiger charge is 2.42. The van der Waals surface area contributed by atoms with Gasteiger partial charge in [-0.15, -0.1) is 0 Å². The van der Waals surface area contributed by atoms with Crippen molar-refractivity contribution in [3.8, 4) is 0 Å². The lowest BCUT2D eigenvalue weighted by Gasteiger charge is -2.32. The normalized spacial score (nSPS) is 30.1. The molecule has 5 nitrogen and oxygen atoms in total. The van der Waals surface area contributed by atoms with Gasteiger partial charge in [0.15, 0.2) is 0 Å². The molecule has 3 rings (SSSR count). The molecule has 1 atom stereocenters. The maximum Gasteiger partial charge on any atom is 0.282 e. The number of hydrogen-bond acceptors (Lipinski definition) is 3. The van der Waals surface area contributed by atoms with E-state index in [1.807, 2.05) is 4.31 Å². The quantitative estimate of drug-likeness (QED) is 0.813. The molecule has 1 aliphatic carbocycles. The molecule has 0 aromatic rings. The van der Waals surface area contributed by atoms with Crippen molar-refractivity contribution in [1.82, 2.24) is 13.9 Å². The molecule has 2 heterocycles. The molecule has 0 aromatic heterocycles. The highest BCUT2D eigenvalue weighted by Crippen LogP contribution is 2.33. The summed E-state index contributed by atoms with van der Waals surface area (Å²) in [7, 11) is -3.20. The SMILES string of the molecule is O=S(=O)(N1CCCC1)N(CC1CCCNC1)C1CC1. The maximum absolute atomic E-state index is 12.7. The highest BCUT2D eigenvalue weighted by molar-refractivity contribution is 7.86. The number of rotatable bonds is 5. The Balaban J connectivity index is 1.69. The number of hydrogen-bond donors (Lipinski definition) is 1. The summed E-state index contributed by atoms with van der Waals surface area (Å²) in [6.45, 7) is 4.21. The van der Waals surface area contributed by atoms with Crippen LogP contribution in [0.5, 0.6) is 0 Å². The number of nitrogens with zero attached hydrogens (tertiary/aromatic N) is 2. The van der Waals surface area contributed by atoms with Gasteiger partial charge in [0, 0.05) is 25.7 Å². The van der Waals surface area contributed by atoms with E-state index in [9.17, 15) is 8.42 Å². The summed E-state index contributed by atoms with van der Waals surface area (Å²) in [5.41, 5.74) is 0. The summed E-state index contributed by atoms with van der Waals surface area (Å²) in [6, 6.07) is 0.285. The zero-order chi connectivity index (χ0) is 13.3. The molecule has 3 aliphatic rings. The van der Waals surface area contributed by atoms with Crippen molar-refractivity contribution in [2.24, 2.45) is 5.92 Å². The zero-order valence-electron chi connectivity index (χ0n) is 11.6. The number of piperidine rings is 1. The fourth-order valence-corrected chi connectivity index (χ4v) is 5.20. The van der Waals surface area contributed by atoms with Crippen LogP contribution in [0, 0.1) is 5.92 Å². The molecular weight excluding hydrogens is 262 g/mol. The van der Waals surface area contributed by atoms with Crippen LogP contribution >= 0.6 is 0 Å². The van der Waals surface area contributed by atoms with Crippen molar-refractivity contribution in [1.29, 1.82) is 0 Å². The summed E-state index contributed by atoms with van der Waals surface area (Å²) in [4.78, 5) is 0. The highest BCUT2D eigenvalue weighted by atomic mass is 32.2. The van der Waals surface area contributed by atoms with Gasteiger partial charge in [-0.1, -0.05) is 0 Å². The first-order valence-electron chi connectivity index (χ1n) is 7.65. The minimum atomic E-state index is -3.20. The van der Waals surface area contributed by atoms with Crippen LogP contribution in [0.1, 0.15) is 38.5 Å². The third-order valence-corrected chi connectivity index (χ3v) is 6.54. The molecule has 2 saturated heterocycles. The lowest BCUT2D eigenvalue weighted by atomic mass is 10.00. The van der Waals surface area contributed by atoms with Crippen molar-refractivity contribution in [2.75, 3.05) is 32.7 Å². The van der Waals surface area contributed by atoms with E-state index in [4.69, 9.17) is 0 Å². The van der Waals surface area contributed by atoms with Crippen molar-refractivity contribution in [3.05, 3.63) is 0 Å². The fraction of sp³-hybridized carbons (Fsp3) is 1.00. The molecular formula is C13H25N3O2S. The molecule has 0 radical (unpaired) electrons. The Bertz CT molecular complexity index is 396. The van der Waals surface area contributed by atoms with Crippen LogP contribution in [0.3, 0.4) is 0 Å². The lowest BCUT2D eigenvalue weighted by molar-refractivity contribution is 0.272. The molecule has 1 unspecified atom stereocenters. The van der Waals surface area contributed by atoms with Crippen LogP contribution in [0.4, 0.5) is 0 Å². The Morgan fingerprint density at radius 1 is 1.11 bits per heavy atom. The predicted molar refractivity (Wildman–Crippen MR) is 75.0 cm³/mol. The smallest absolute Gasteiger partial charge is 0.282 e. The van der Waals surface area contributed by atoms with E-state index in [1.54, 1.807) is 4.31 Å². The van der Waals surface area contributed by atoms with Crippen molar-refractivity contribution in [2.45, 2.75) is 44.6 Å². The van der Waals surface area contributed by atoms with Crippen LogP contribution in [0.2, 0.25) is 0 Å². The van der Waals surface area contributed by atoms with Crippen LogP contribution in [0.15, 0.2) is 0 Å². The van der Waals surface area contributed by atoms with Gasteiger partial charge in [0.25, 0.3) is 10.2 Å². The van der Waals surface area contributed by atoms with Crippen LogP contribution < -0.4 is 5.32 Å². The minimum Gasteiger partial charge on any atom is -0.316 e. The number of nitrogens with one attached hydrogen (secondary N) is 1. The van der Waals surface area contributed by atoms with E-state index in [2.05, 4.69) is 5.32 Å². The first kappa shape index (κ1) is 13.8. The summed E-state index contributed by atoms with van der Waals surface area (Å²) in [6.07, 6.45) is 6.46. The van der Waals surface area contributed by atoms with Crippen LogP contribution in [-0.2, 0) is 10.2 Å². The van der Waals surface area contributed by atoms with Crippen molar-refractivity contribution in [3.63, 3.8) is 0 Å². The standard InChI is InChI=1S/C13H25N3O2S/c17-19(18,15-8-1-2-9-15)16(13-5-6-13)11-12-4-3-7-14-10-12/h12-14H,1-11H2. The Morgan fingerprint density at radius 3 is 2.42 bits per heavy atom. The molecule has 0 amide bonds. The van der Waals surface area contributed by atoms with Gasteiger partial charge < -0.3 is 5.32 Å². The van der Waals surface area contributed by atoms with Gasteiger partial charge in [-0.2, -0.15) is 17.0 Å². The second-order valence-corrected chi connectivity index (χ2v) is 8.01. The van der Waals surface area contributed by atoms with Gasteiger partial charge in [0.05, 0.1) is 0 Å². The summed E-state index contributed by atoms with van der Waals surface area (Å²) >= 11 is 0. The molecule has 0 spiro atoms. The van der Waals surface area contributed by atoms with Gasteiger partial charge >= 0.3 is 0 Å². The molecule has 0 aromatic carbocycles. The Labute approximate surface area is 116 Å². The molecule has 110 valence electrons. The molecule has 0 bridgehead atoms. The predicted octanol–water partition coefficient (Wildman–Crippen LogP) is 0.791. The van der Waals surface area contributed by atoms with E-state index >= 15 is 0 Å². The molecule has 1 N–H and O–H groups in total. The van der Waals surface area contributed by atoms with Gasteiger partial charge in [-0.25, -0.2) is 0 Å². The monoisotopic (exact) mass is 287 g/mol. The Kier molecular flexibility index (Phi) is 4.12. The molecule has 1 saturated carbocycles. The molecule has 2 aliphatic heterocycles. The summed E-state index contributed by atoms with van der Waals surface area (Å²) < 4.78 is 29.0. The summed E-state index contributed by atoms with van der Waals surface area (Å²) in [5, 5.41) is 3.39. The minimum absolute atomic E-state index is 0.285. The maximum atomic E-state index is 12.7. The molecule has 6 heteroatoms. The Morgan fingerprint density at radius 2 is 1.84 bits per heavy atom. The van der Waals surface area contributed by atoms with E-state index in [0.717, 1.165) is 51.7 Å². The van der Waals surface area contributed by atoms with Gasteiger partial charge in [-0.3, -0.25) is 0 Å². The third kappa shape index (κ3) is 3.12. The van der Waals surface area contributed by atoms with E-state index < -0.39 is 10.2 Å². The van der Waals surface area contributed by atoms with Crippen molar-refractivity contribution < 1.29 is 8.42 Å². The van der Waals surface area contributed by atoms with E-state index in [-0.39, 0.29) is 6.04 Å². The molecule has 3 fully saturated rings. The van der Waals surface area contributed by atoms with Crippen molar-refractivity contribution >= 4 is 10.2 Å². The fourth-order valence-electron chi connectivity index (χ4n) is 3.20. The zero-order valence-corrected chi connectivity index (χ0v) is 12.4. The first-order chi connectivity index (χ1) is 9.18. The largest absolute Gasteiger partial charge is 0.316 e. The second kappa shape index (κ2) is 5.68. The van der Waals surface area contributed by atoms with Gasteiger partial charge in [0.2, 0.25) is 0 Å². The molecule has 19 heavy (non-hydrogen) atoms. The third-order valence-electron chi connectivity index (χ3n) is 4.48. The average molecular weight is 287 g/mol. The Hall–Kier alpha value is -0.170. The lowest BCUT2D eigenvalue weighted by Crippen LogP contribution is -2.47. The van der Waals surface area contributed by atoms with Gasteiger partial charge in [-0.05, 0) is 57.5 Å². The average Bonchev–Trinajstić information content (AvgIpc) is 3.09. The summed E-state index contributed by atoms with van der Waals surface area (Å²) in [5.74, 6) is 0.492. The van der Waals surface area contributed by atoms with Crippen LogP contribution in [-0.4, -0.2) is 55.8 Å².